The van der Waals surface area contributed by atoms with Crippen LogP contribution in [0.5, 0.6) is 5.75 Å². The zero-order valence-electron chi connectivity index (χ0n) is 11.6. The normalized spacial score (nSPS) is 17.2. The van der Waals surface area contributed by atoms with Crippen molar-refractivity contribution in [1.82, 2.24) is 15.0 Å². The molecule has 2 aromatic rings. The van der Waals surface area contributed by atoms with Gasteiger partial charge in [0.15, 0.2) is 5.75 Å². The minimum absolute atomic E-state index is 0.0177. The summed E-state index contributed by atoms with van der Waals surface area (Å²) in [6, 6.07) is 5.43. The highest BCUT2D eigenvalue weighted by molar-refractivity contribution is 6.32. The second kappa shape index (κ2) is 5.73. The maximum absolute atomic E-state index is 12.5. The molecule has 0 fully saturated rings. The van der Waals surface area contributed by atoms with Crippen molar-refractivity contribution in [2.24, 2.45) is 0 Å². The van der Waals surface area contributed by atoms with Gasteiger partial charge in [0.25, 0.3) is 0 Å². The molecule has 0 spiro atoms. The number of ether oxygens (including phenoxy) is 1. The number of para-hydroxylation sites is 1. The molecule has 1 aliphatic rings. The third-order valence-corrected chi connectivity index (χ3v) is 3.62. The number of amides is 1. The first-order valence-corrected chi connectivity index (χ1v) is 7.12. The minimum Gasteiger partial charge on any atom is -0.485 e. The molecule has 0 saturated heterocycles. The van der Waals surface area contributed by atoms with E-state index in [1.807, 2.05) is 19.1 Å². The highest BCUT2D eigenvalue weighted by Gasteiger charge is 2.28. The molecular formula is C14H15ClN4O2. The van der Waals surface area contributed by atoms with Gasteiger partial charge in [-0.25, -0.2) is 0 Å². The molecule has 3 rings (SSSR count). The molecule has 0 saturated carbocycles. The van der Waals surface area contributed by atoms with E-state index in [1.54, 1.807) is 28.0 Å². The number of nitrogens with zero attached hydrogens (tertiary/aromatic N) is 4. The van der Waals surface area contributed by atoms with Gasteiger partial charge >= 0.3 is 0 Å². The van der Waals surface area contributed by atoms with Crippen LogP contribution < -0.4 is 9.64 Å². The van der Waals surface area contributed by atoms with Crippen molar-refractivity contribution in [3.05, 3.63) is 35.6 Å². The number of benzene rings is 1. The van der Waals surface area contributed by atoms with Crippen molar-refractivity contribution < 1.29 is 9.53 Å². The Morgan fingerprint density at radius 1 is 1.52 bits per heavy atom. The smallest absolute Gasteiger partial charge is 0.229 e. The second-order valence-corrected chi connectivity index (χ2v) is 5.34. The van der Waals surface area contributed by atoms with Crippen LogP contribution in [0, 0.1) is 0 Å². The number of fused-ring (bicyclic) bond motifs is 1. The van der Waals surface area contributed by atoms with Crippen molar-refractivity contribution in [3.63, 3.8) is 0 Å². The number of hydrogen-bond donors (Lipinski definition) is 0. The zero-order valence-corrected chi connectivity index (χ0v) is 12.3. The van der Waals surface area contributed by atoms with E-state index in [2.05, 4.69) is 10.3 Å². The standard InChI is InChI=1S/C14H15ClN4O2/c1-10-9-19(12-4-2-3-11(15)14(12)21-10)13(20)5-7-18-8-6-16-17-18/h2-4,6,8,10H,5,7,9H2,1H3/t10-/m0/s1. The third kappa shape index (κ3) is 2.85. The van der Waals surface area contributed by atoms with Gasteiger partial charge in [0.1, 0.15) is 6.10 Å². The van der Waals surface area contributed by atoms with E-state index in [9.17, 15) is 4.79 Å². The molecule has 0 bridgehead atoms. The van der Waals surface area contributed by atoms with Gasteiger partial charge in [-0.05, 0) is 19.1 Å². The fourth-order valence-corrected chi connectivity index (χ4v) is 2.57. The highest BCUT2D eigenvalue weighted by Crippen LogP contribution is 2.39. The Morgan fingerprint density at radius 2 is 2.38 bits per heavy atom. The first kappa shape index (κ1) is 13.9. The first-order valence-electron chi connectivity index (χ1n) is 6.75. The summed E-state index contributed by atoms with van der Waals surface area (Å²) in [5.74, 6) is 0.594. The summed E-state index contributed by atoms with van der Waals surface area (Å²) in [6.45, 7) is 2.94. The summed E-state index contributed by atoms with van der Waals surface area (Å²) in [4.78, 5) is 14.2. The van der Waals surface area contributed by atoms with Crippen LogP contribution >= 0.6 is 11.6 Å². The fraction of sp³-hybridized carbons (Fsp3) is 0.357. The lowest BCUT2D eigenvalue weighted by Gasteiger charge is -2.34. The van der Waals surface area contributed by atoms with E-state index in [4.69, 9.17) is 16.3 Å². The fourth-order valence-electron chi connectivity index (χ4n) is 2.35. The molecule has 2 heterocycles. The van der Waals surface area contributed by atoms with Crippen molar-refractivity contribution in [2.75, 3.05) is 11.4 Å². The summed E-state index contributed by atoms with van der Waals surface area (Å²) < 4.78 is 7.38. The lowest BCUT2D eigenvalue weighted by atomic mass is 10.2. The molecule has 1 amide bonds. The Balaban J connectivity index is 1.79. The van der Waals surface area contributed by atoms with E-state index >= 15 is 0 Å². The second-order valence-electron chi connectivity index (χ2n) is 4.94. The van der Waals surface area contributed by atoms with Crippen molar-refractivity contribution in [3.8, 4) is 5.75 Å². The van der Waals surface area contributed by atoms with Crippen LogP contribution in [-0.2, 0) is 11.3 Å². The van der Waals surface area contributed by atoms with E-state index in [1.165, 1.54) is 0 Å². The number of aryl methyl sites for hydroxylation is 1. The van der Waals surface area contributed by atoms with Gasteiger partial charge in [0, 0.05) is 12.6 Å². The molecule has 0 radical (unpaired) electrons. The maximum Gasteiger partial charge on any atom is 0.229 e. The van der Waals surface area contributed by atoms with Crippen LogP contribution in [0.15, 0.2) is 30.6 Å². The Bertz CT molecular complexity index is 644. The molecule has 1 aliphatic heterocycles. The van der Waals surface area contributed by atoms with Crippen LogP contribution in [0.3, 0.4) is 0 Å². The maximum atomic E-state index is 12.5. The van der Waals surface area contributed by atoms with Gasteiger partial charge in [0.2, 0.25) is 5.91 Å². The Kier molecular flexibility index (Phi) is 3.79. The van der Waals surface area contributed by atoms with Gasteiger partial charge in [-0.3, -0.25) is 9.48 Å². The van der Waals surface area contributed by atoms with Crippen LogP contribution in [0.1, 0.15) is 13.3 Å². The van der Waals surface area contributed by atoms with Gasteiger partial charge in [0.05, 0.1) is 30.0 Å². The number of carbonyl (C=O) groups is 1. The molecule has 6 nitrogen and oxygen atoms in total. The van der Waals surface area contributed by atoms with E-state index < -0.39 is 0 Å². The molecule has 0 unspecified atom stereocenters. The van der Waals surface area contributed by atoms with Crippen LogP contribution in [0.4, 0.5) is 5.69 Å². The van der Waals surface area contributed by atoms with Crippen LogP contribution in [-0.4, -0.2) is 33.5 Å². The lowest BCUT2D eigenvalue weighted by Crippen LogP contribution is -2.42. The molecule has 1 atom stereocenters. The molecule has 110 valence electrons. The quantitative estimate of drug-likeness (QED) is 0.871. The van der Waals surface area contributed by atoms with Crippen molar-refractivity contribution in [2.45, 2.75) is 26.0 Å². The monoisotopic (exact) mass is 306 g/mol. The van der Waals surface area contributed by atoms with Gasteiger partial charge in [-0.15, -0.1) is 5.10 Å². The topological polar surface area (TPSA) is 60.2 Å². The van der Waals surface area contributed by atoms with E-state index in [0.717, 1.165) is 5.69 Å². The molecule has 7 heteroatoms. The number of anilines is 1. The number of hydrogen-bond acceptors (Lipinski definition) is 4. The lowest BCUT2D eigenvalue weighted by molar-refractivity contribution is -0.119. The number of rotatable bonds is 3. The number of aromatic nitrogens is 3. The summed E-state index contributed by atoms with van der Waals surface area (Å²) in [6.07, 6.45) is 3.59. The summed E-state index contributed by atoms with van der Waals surface area (Å²) in [5, 5.41) is 8.10. The molecule has 1 aromatic heterocycles. The zero-order chi connectivity index (χ0) is 14.8. The SMILES string of the molecule is C[C@H]1CN(C(=O)CCn2ccnn2)c2cccc(Cl)c2O1. The number of halogens is 1. The van der Waals surface area contributed by atoms with E-state index in [-0.39, 0.29) is 12.0 Å². The van der Waals surface area contributed by atoms with Gasteiger partial charge in [-0.2, -0.15) is 0 Å². The summed E-state index contributed by atoms with van der Waals surface area (Å²) >= 11 is 6.15. The Labute approximate surface area is 127 Å². The largest absolute Gasteiger partial charge is 0.485 e. The predicted octanol–water partition coefficient (Wildman–Crippen LogP) is 2.14. The predicted molar refractivity (Wildman–Crippen MR) is 78.5 cm³/mol. The molecule has 0 aliphatic carbocycles. The van der Waals surface area contributed by atoms with Gasteiger partial charge < -0.3 is 9.64 Å². The number of carbonyl (C=O) groups excluding carboxylic acids is 1. The van der Waals surface area contributed by atoms with Crippen LogP contribution in [0.2, 0.25) is 5.02 Å². The van der Waals surface area contributed by atoms with Crippen LogP contribution in [0.25, 0.3) is 0 Å². The minimum atomic E-state index is -0.0901. The first-order chi connectivity index (χ1) is 10.1. The average Bonchev–Trinajstić information content (AvgIpc) is 2.98. The summed E-state index contributed by atoms with van der Waals surface area (Å²) in [7, 11) is 0. The third-order valence-electron chi connectivity index (χ3n) is 3.32. The molecule has 0 N–H and O–H groups in total. The molecular weight excluding hydrogens is 292 g/mol. The summed E-state index contributed by atoms with van der Waals surface area (Å²) in [5.41, 5.74) is 0.726. The average molecular weight is 307 g/mol. The Hall–Kier alpha value is -2.08. The Morgan fingerprint density at radius 3 is 3.14 bits per heavy atom. The molecule has 1 aromatic carbocycles. The van der Waals surface area contributed by atoms with Crippen molar-refractivity contribution >= 4 is 23.2 Å². The van der Waals surface area contributed by atoms with E-state index in [0.29, 0.717) is 30.3 Å². The van der Waals surface area contributed by atoms with Gasteiger partial charge in [-0.1, -0.05) is 22.9 Å². The highest BCUT2D eigenvalue weighted by atomic mass is 35.5. The molecule has 21 heavy (non-hydrogen) atoms. The van der Waals surface area contributed by atoms with Crippen molar-refractivity contribution in [1.29, 1.82) is 0 Å².